The molecular formula is C17H27BN4O3. The van der Waals surface area contributed by atoms with E-state index in [9.17, 15) is 4.79 Å². The van der Waals surface area contributed by atoms with Crippen LogP contribution < -0.4 is 10.8 Å². The largest absolute Gasteiger partial charge is 0.498 e. The Kier molecular flexibility index (Phi) is 4.77. The van der Waals surface area contributed by atoms with E-state index in [1.165, 1.54) is 0 Å². The van der Waals surface area contributed by atoms with Gasteiger partial charge in [0.05, 0.1) is 11.2 Å². The second-order valence-electron chi connectivity index (χ2n) is 7.93. The zero-order valence-corrected chi connectivity index (χ0v) is 15.7. The third kappa shape index (κ3) is 3.79. The van der Waals surface area contributed by atoms with Gasteiger partial charge in [0, 0.05) is 44.4 Å². The number of nitrogens with zero attached hydrogens (tertiary/aromatic N) is 3. The van der Waals surface area contributed by atoms with E-state index in [-0.39, 0.29) is 17.1 Å². The van der Waals surface area contributed by atoms with Gasteiger partial charge in [-0.25, -0.2) is 9.97 Å². The minimum absolute atomic E-state index is 0.144. The highest BCUT2D eigenvalue weighted by Gasteiger charge is 2.51. The minimum Gasteiger partial charge on any atom is -0.399 e. The molecule has 0 unspecified atom stereocenters. The first-order chi connectivity index (χ1) is 11.7. The van der Waals surface area contributed by atoms with E-state index in [2.05, 4.69) is 15.3 Å². The molecule has 8 heteroatoms. The molecule has 136 valence electrons. The van der Waals surface area contributed by atoms with E-state index >= 15 is 0 Å². The number of hydrogen-bond acceptors (Lipinski definition) is 6. The van der Waals surface area contributed by atoms with Gasteiger partial charge in [-0.1, -0.05) is 0 Å². The average Bonchev–Trinajstić information content (AvgIpc) is 3.09. The summed E-state index contributed by atoms with van der Waals surface area (Å²) in [5.74, 6) is 1.17. The molecular weight excluding hydrogens is 319 g/mol. The van der Waals surface area contributed by atoms with Gasteiger partial charge in [0.25, 0.3) is 0 Å². The summed E-state index contributed by atoms with van der Waals surface area (Å²) in [5.41, 5.74) is 0.0621. The van der Waals surface area contributed by atoms with Crippen LogP contribution in [-0.4, -0.2) is 58.7 Å². The predicted octanol–water partition coefficient (Wildman–Crippen LogP) is 1.06. The van der Waals surface area contributed by atoms with Gasteiger partial charge < -0.3 is 19.5 Å². The van der Waals surface area contributed by atoms with Gasteiger partial charge in [-0.05, 0) is 40.0 Å². The lowest BCUT2D eigenvalue weighted by Crippen LogP contribution is -2.41. The fraction of sp³-hybridized carbons (Fsp3) is 0.706. The Morgan fingerprint density at radius 3 is 2.40 bits per heavy atom. The van der Waals surface area contributed by atoms with E-state index in [1.807, 2.05) is 32.6 Å². The van der Waals surface area contributed by atoms with E-state index in [1.54, 1.807) is 19.3 Å². The number of aromatic nitrogens is 2. The van der Waals surface area contributed by atoms with Crippen molar-refractivity contribution in [2.24, 2.45) is 5.92 Å². The summed E-state index contributed by atoms with van der Waals surface area (Å²) in [6, 6.07) is 0. The van der Waals surface area contributed by atoms with E-state index in [0.717, 1.165) is 31.5 Å². The molecule has 7 nitrogen and oxygen atoms in total. The normalized spacial score (nSPS) is 24.6. The van der Waals surface area contributed by atoms with Crippen LogP contribution in [0.25, 0.3) is 0 Å². The summed E-state index contributed by atoms with van der Waals surface area (Å²) < 4.78 is 12.0. The van der Waals surface area contributed by atoms with Crippen LogP contribution in [-0.2, 0) is 14.1 Å². The van der Waals surface area contributed by atoms with Gasteiger partial charge in [0.1, 0.15) is 0 Å². The number of carbonyl (C=O) groups is 1. The maximum Gasteiger partial charge on any atom is 0.498 e. The highest BCUT2D eigenvalue weighted by atomic mass is 16.7. The Hall–Kier alpha value is -1.67. The lowest BCUT2D eigenvalue weighted by Gasteiger charge is -2.32. The molecule has 1 aromatic rings. The summed E-state index contributed by atoms with van der Waals surface area (Å²) in [5, 5.41) is 3.25. The maximum absolute atomic E-state index is 11.4. The average molecular weight is 346 g/mol. The van der Waals surface area contributed by atoms with Gasteiger partial charge in [-0.2, -0.15) is 0 Å². The van der Waals surface area contributed by atoms with E-state index in [0.29, 0.717) is 11.9 Å². The van der Waals surface area contributed by atoms with Gasteiger partial charge in [-0.3, -0.25) is 4.79 Å². The van der Waals surface area contributed by atoms with Crippen molar-refractivity contribution in [3.63, 3.8) is 0 Å². The molecule has 1 amide bonds. The molecule has 1 atom stereocenters. The van der Waals surface area contributed by atoms with Gasteiger partial charge in [-0.15, -0.1) is 0 Å². The summed E-state index contributed by atoms with van der Waals surface area (Å²) in [4.78, 5) is 22.0. The number of anilines is 1. The molecule has 1 aromatic heterocycles. The molecule has 0 saturated carbocycles. The molecule has 0 spiro atoms. The number of carbonyl (C=O) groups excluding carboxylic acids is 1. The fourth-order valence-electron chi connectivity index (χ4n) is 3.05. The molecule has 25 heavy (non-hydrogen) atoms. The number of amides is 1. The third-order valence-electron chi connectivity index (χ3n) is 5.48. The summed E-state index contributed by atoms with van der Waals surface area (Å²) in [6.07, 6.45) is 4.50. The Bertz CT molecular complexity index is 619. The van der Waals surface area contributed by atoms with Crippen LogP contribution in [0.3, 0.4) is 0 Å². The standard InChI is InChI=1S/C17H27BN4O3/c1-12(23)22-7-6-13(11-22)8-19-15-20-9-14(10-21-15)18-24-16(2,3)17(4,5)25-18/h9-10,13H,6-8,11H2,1-5H3,(H,19,20,21)/t13-/m0/s1. The molecule has 2 fully saturated rings. The Morgan fingerprint density at radius 1 is 1.28 bits per heavy atom. The van der Waals surface area contributed by atoms with Crippen LogP contribution in [0, 0.1) is 5.92 Å². The first-order valence-electron chi connectivity index (χ1n) is 8.85. The summed E-state index contributed by atoms with van der Waals surface area (Å²) >= 11 is 0. The zero-order chi connectivity index (χ0) is 18.2. The molecule has 2 saturated heterocycles. The minimum atomic E-state index is -0.446. The third-order valence-corrected chi connectivity index (χ3v) is 5.48. The van der Waals surface area contributed by atoms with E-state index < -0.39 is 7.12 Å². The smallest absolute Gasteiger partial charge is 0.399 e. The van der Waals surface area contributed by atoms with Crippen LogP contribution in [0.1, 0.15) is 41.0 Å². The first-order valence-corrected chi connectivity index (χ1v) is 8.85. The molecule has 3 heterocycles. The molecule has 3 rings (SSSR count). The van der Waals surface area contributed by atoms with Crippen LogP contribution in [0.5, 0.6) is 0 Å². The molecule has 0 radical (unpaired) electrons. The van der Waals surface area contributed by atoms with Crippen molar-refractivity contribution in [1.29, 1.82) is 0 Å². The number of nitrogens with one attached hydrogen (secondary N) is 1. The van der Waals surface area contributed by atoms with Crippen LogP contribution in [0.15, 0.2) is 12.4 Å². The first kappa shape index (κ1) is 18.1. The van der Waals surface area contributed by atoms with Crippen molar-refractivity contribution < 1.29 is 14.1 Å². The highest BCUT2D eigenvalue weighted by Crippen LogP contribution is 2.36. The van der Waals surface area contributed by atoms with Crippen molar-refractivity contribution in [2.45, 2.75) is 52.2 Å². The van der Waals surface area contributed by atoms with Crippen molar-refractivity contribution in [3.05, 3.63) is 12.4 Å². The molecule has 0 aliphatic carbocycles. The Balaban J connectivity index is 1.54. The zero-order valence-electron chi connectivity index (χ0n) is 15.7. The van der Waals surface area contributed by atoms with Crippen molar-refractivity contribution in [2.75, 3.05) is 25.0 Å². The van der Waals surface area contributed by atoms with Gasteiger partial charge in [0.2, 0.25) is 11.9 Å². The topological polar surface area (TPSA) is 76.6 Å². The monoisotopic (exact) mass is 346 g/mol. The lowest BCUT2D eigenvalue weighted by molar-refractivity contribution is -0.127. The number of hydrogen-bond donors (Lipinski definition) is 1. The molecule has 2 aliphatic rings. The molecule has 0 bridgehead atoms. The molecule has 1 N–H and O–H groups in total. The van der Waals surface area contributed by atoms with Gasteiger partial charge in [0.15, 0.2) is 0 Å². The summed E-state index contributed by atoms with van der Waals surface area (Å²) in [7, 11) is -0.446. The van der Waals surface area contributed by atoms with Gasteiger partial charge >= 0.3 is 7.12 Å². The second kappa shape index (κ2) is 6.57. The number of likely N-dealkylation sites (tertiary alicyclic amines) is 1. The Labute approximate surface area is 149 Å². The van der Waals surface area contributed by atoms with Crippen molar-refractivity contribution in [1.82, 2.24) is 14.9 Å². The van der Waals surface area contributed by atoms with Crippen molar-refractivity contribution >= 4 is 24.4 Å². The van der Waals surface area contributed by atoms with Crippen LogP contribution >= 0.6 is 0 Å². The fourth-order valence-corrected chi connectivity index (χ4v) is 3.05. The predicted molar refractivity (Wildman–Crippen MR) is 96.6 cm³/mol. The highest BCUT2D eigenvalue weighted by molar-refractivity contribution is 6.61. The molecule has 2 aliphatic heterocycles. The van der Waals surface area contributed by atoms with E-state index in [4.69, 9.17) is 9.31 Å². The quantitative estimate of drug-likeness (QED) is 0.822. The SMILES string of the molecule is CC(=O)N1CC[C@@H](CNc2ncc(B3OC(C)(C)C(C)(C)O3)cn2)C1. The van der Waals surface area contributed by atoms with Crippen LogP contribution in [0.4, 0.5) is 5.95 Å². The maximum atomic E-state index is 11.4. The summed E-state index contributed by atoms with van der Waals surface area (Å²) in [6.45, 7) is 12.1. The lowest BCUT2D eigenvalue weighted by atomic mass is 9.81. The Morgan fingerprint density at radius 2 is 1.88 bits per heavy atom. The second-order valence-corrected chi connectivity index (χ2v) is 7.93. The molecule has 0 aromatic carbocycles. The number of rotatable bonds is 4. The van der Waals surface area contributed by atoms with Crippen LogP contribution in [0.2, 0.25) is 0 Å². The van der Waals surface area contributed by atoms with Crippen molar-refractivity contribution in [3.8, 4) is 0 Å².